The highest BCUT2D eigenvalue weighted by molar-refractivity contribution is 7.88. The van der Waals surface area contributed by atoms with E-state index in [0.717, 1.165) is 37.8 Å². The number of rotatable bonds is 6. The second kappa shape index (κ2) is 9.33. The van der Waals surface area contributed by atoms with Gasteiger partial charge in [0.15, 0.2) is 0 Å². The van der Waals surface area contributed by atoms with Crippen LogP contribution in [0.15, 0.2) is 12.1 Å². The van der Waals surface area contributed by atoms with Gasteiger partial charge < -0.3 is 14.2 Å². The van der Waals surface area contributed by atoms with Crippen molar-refractivity contribution < 1.29 is 35.3 Å². The molecule has 1 saturated heterocycles. The van der Waals surface area contributed by atoms with Crippen LogP contribution >= 0.6 is 23.2 Å². The summed E-state index contributed by atoms with van der Waals surface area (Å²) in [5.74, 6) is -1.49. The first-order valence-corrected chi connectivity index (χ1v) is 11.9. The number of benzene rings is 1. The van der Waals surface area contributed by atoms with Gasteiger partial charge in [0.2, 0.25) is 5.91 Å². The summed E-state index contributed by atoms with van der Waals surface area (Å²) in [7, 11) is -4.22. The number of hydrogen-bond donors (Lipinski definition) is 1. The van der Waals surface area contributed by atoms with Gasteiger partial charge in [0.1, 0.15) is 5.75 Å². The third-order valence-electron chi connectivity index (χ3n) is 5.96. The molecule has 31 heavy (non-hydrogen) atoms. The van der Waals surface area contributed by atoms with Gasteiger partial charge in [0, 0.05) is 47.7 Å². The van der Waals surface area contributed by atoms with Crippen molar-refractivity contribution in [3.63, 3.8) is 0 Å². The summed E-state index contributed by atoms with van der Waals surface area (Å²) in [6.07, 6.45) is 3.82. The Morgan fingerprint density at radius 2 is 1.68 bits per heavy atom. The number of nitrogens with one attached hydrogen (secondary N) is 1. The Morgan fingerprint density at radius 3 is 2.13 bits per heavy atom. The maximum Gasteiger partial charge on any atom is 0.534 e. The van der Waals surface area contributed by atoms with Gasteiger partial charge in [-0.15, -0.1) is 0 Å². The van der Waals surface area contributed by atoms with Crippen LogP contribution in [0.3, 0.4) is 0 Å². The highest BCUT2D eigenvalue weighted by Gasteiger charge is 2.49. The van der Waals surface area contributed by atoms with Crippen LogP contribution in [0.5, 0.6) is 5.75 Å². The Labute approximate surface area is 188 Å². The van der Waals surface area contributed by atoms with Crippen molar-refractivity contribution in [1.29, 1.82) is 0 Å². The predicted octanol–water partition coefficient (Wildman–Crippen LogP) is 4.65. The lowest BCUT2D eigenvalue weighted by atomic mass is 9.70. The van der Waals surface area contributed by atoms with Crippen molar-refractivity contribution in [1.82, 2.24) is 5.32 Å². The van der Waals surface area contributed by atoms with E-state index in [2.05, 4.69) is 9.50 Å². The van der Waals surface area contributed by atoms with E-state index in [1.54, 1.807) is 7.11 Å². The number of methoxy groups -OCH3 is 1. The largest absolute Gasteiger partial charge is 0.534 e. The molecule has 174 valence electrons. The molecule has 12 heteroatoms. The Morgan fingerprint density at radius 1 is 1.10 bits per heavy atom. The standard InChI is InChI=1S/C19H22Cl2F3NO5S/c1-29-11-4-2-10(3-5-11)16(13-6-7-25-18(13)26)17-14(20)8-12(9-15(17)21)30-31(27,28)19(22,23)24/h8-11,13,16H,2-7H2,1H3,(H,25,26)/t10?,11?,13?,16-/m1/s1. The SMILES string of the molecule is COC1CCC([C@@H](c2c(Cl)cc(OS(=O)(=O)C(F)(F)F)cc2Cl)C2CCNC2=O)CC1. The summed E-state index contributed by atoms with van der Waals surface area (Å²) in [5, 5.41) is 2.71. The van der Waals surface area contributed by atoms with Crippen LogP contribution in [0.4, 0.5) is 13.2 Å². The van der Waals surface area contributed by atoms with Gasteiger partial charge in [-0.3, -0.25) is 4.79 Å². The number of amides is 1. The maximum atomic E-state index is 12.6. The lowest BCUT2D eigenvalue weighted by Crippen LogP contribution is -2.32. The molecule has 6 nitrogen and oxygen atoms in total. The first-order valence-electron chi connectivity index (χ1n) is 9.74. The highest BCUT2D eigenvalue weighted by Crippen LogP contribution is 2.48. The Bertz CT molecular complexity index is 910. The molecular formula is C19H22Cl2F3NO5S. The molecule has 1 aromatic carbocycles. The van der Waals surface area contributed by atoms with Crippen molar-refractivity contribution in [2.24, 2.45) is 11.8 Å². The minimum Gasteiger partial charge on any atom is -0.381 e. The molecule has 1 aliphatic carbocycles. The van der Waals surface area contributed by atoms with Gasteiger partial charge in [-0.1, -0.05) is 23.2 Å². The first kappa shape index (κ1) is 24.4. The number of carbonyl (C=O) groups is 1. The molecule has 2 fully saturated rings. The molecule has 3 rings (SSSR count). The summed E-state index contributed by atoms with van der Waals surface area (Å²) >= 11 is 12.8. The second-order valence-electron chi connectivity index (χ2n) is 7.77. The lowest BCUT2D eigenvalue weighted by Gasteiger charge is -2.36. The minimum absolute atomic E-state index is 0.0431. The first-order chi connectivity index (χ1) is 14.4. The predicted molar refractivity (Wildman–Crippen MR) is 109 cm³/mol. The van der Waals surface area contributed by atoms with Gasteiger partial charge in [-0.25, -0.2) is 0 Å². The topological polar surface area (TPSA) is 81.7 Å². The molecule has 0 bridgehead atoms. The molecule has 0 spiro atoms. The van der Waals surface area contributed by atoms with E-state index < -0.39 is 27.3 Å². The second-order valence-corrected chi connectivity index (χ2v) is 10.1. The number of ether oxygens (including phenoxy) is 1. The molecule has 0 radical (unpaired) electrons. The number of hydrogen-bond acceptors (Lipinski definition) is 5. The lowest BCUT2D eigenvalue weighted by molar-refractivity contribution is -0.123. The van der Waals surface area contributed by atoms with E-state index in [1.807, 2.05) is 0 Å². The minimum atomic E-state index is -5.87. The van der Waals surface area contributed by atoms with Crippen LogP contribution in [0.2, 0.25) is 10.0 Å². The highest BCUT2D eigenvalue weighted by atomic mass is 35.5. The summed E-state index contributed by atoms with van der Waals surface area (Å²) in [5.41, 5.74) is -5.17. The Kier molecular flexibility index (Phi) is 7.35. The molecule has 1 unspecified atom stereocenters. The normalized spacial score (nSPS) is 25.9. The molecule has 2 aliphatic rings. The van der Waals surface area contributed by atoms with Crippen LogP contribution < -0.4 is 9.50 Å². The average Bonchev–Trinajstić information content (AvgIpc) is 3.09. The van der Waals surface area contributed by atoms with Gasteiger partial charge in [0.05, 0.1) is 6.10 Å². The summed E-state index contributed by atoms with van der Waals surface area (Å²) in [6.45, 7) is 0.508. The molecule has 1 saturated carbocycles. The van der Waals surface area contributed by atoms with Gasteiger partial charge in [-0.2, -0.15) is 21.6 Å². The van der Waals surface area contributed by atoms with Crippen molar-refractivity contribution in [3.05, 3.63) is 27.7 Å². The molecule has 1 heterocycles. The summed E-state index contributed by atoms with van der Waals surface area (Å²) < 4.78 is 70.2. The molecule has 2 atom stereocenters. The van der Waals surface area contributed by atoms with E-state index in [-0.39, 0.29) is 33.9 Å². The van der Waals surface area contributed by atoms with Crippen molar-refractivity contribution in [3.8, 4) is 5.75 Å². The van der Waals surface area contributed by atoms with E-state index in [1.165, 1.54) is 0 Å². The summed E-state index contributed by atoms with van der Waals surface area (Å²) in [4.78, 5) is 12.5. The third-order valence-corrected chi connectivity index (χ3v) is 7.56. The van der Waals surface area contributed by atoms with Gasteiger partial charge in [-0.05, 0) is 43.6 Å². The number of halogens is 5. The van der Waals surface area contributed by atoms with Crippen LogP contribution in [-0.4, -0.2) is 39.6 Å². The quantitative estimate of drug-likeness (QED) is 0.451. The van der Waals surface area contributed by atoms with E-state index >= 15 is 0 Å². The third kappa shape index (κ3) is 5.23. The van der Waals surface area contributed by atoms with Crippen LogP contribution in [0.1, 0.15) is 43.6 Å². The fourth-order valence-corrected chi connectivity index (χ4v) is 5.67. The fraction of sp³-hybridized carbons (Fsp3) is 0.632. The zero-order chi connectivity index (χ0) is 23.0. The number of carbonyl (C=O) groups excluding carboxylic acids is 1. The molecule has 1 aliphatic heterocycles. The van der Waals surface area contributed by atoms with Crippen LogP contribution in [0.25, 0.3) is 0 Å². The molecule has 1 aromatic rings. The van der Waals surface area contributed by atoms with Crippen molar-refractivity contribution >= 4 is 39.2 Å². The van der Waals surface area contributed by atoms with Crippen molar-refractivity contribution in [2.75, 3.05) is 13.7 Å². The maximum absolute atomic E-state index is 12.6. The van der Waals surface area contributed by atoms with E-state index in [0.29, 0.717) is 18.5 Å². The van der Waals surface area contributed by atoms with Gasteiger partial charge >= 0.3 is 15.6 Å². The molecule has 0 aromatic heterocycles. The van der Waals surface area contributed by atoms with E-state index in [4.69, 9.17) is 27.9 Å². The Hall–Kier alpha value is -1.23. The summed E-state index contributed by atoms with van der Waals surface area (Å²) in [6, 6.07) is 1.99. The van der Waals surface area contributed by atoms with Gasteiger partial charge in [0.25, 0.3) is 0 Å². The van der Waals surface area contributed by atoms with Crippen LogP contribution in [0, 0.1) is 11.8 Å². The Balaban J connectivity index is 1.97. The van der Waals surface area contributed by atoms with Crippen LogP contribution in [-0.2, 0) is 19.6 Å². The van der Waals surface area contributed by atoms with Crippen molar-refractivity contribution in [2.45, 2.75) is 49.6 Å². The zero-order valence-corrected chi connectivity index (χ0v) is 18.9. The number of alkyl halides is 3. The fourth-order valence-electron chi connectivity index (χ4n) is 4.51. The zero-order valence-electron chi connectivity index (χ0n) is 16.5. The molecular weight excluding hydrogens is 482 g/mol. The molecule has 1 amide bonds. The molecule has 1 N–H and O–H groups in total. The smallest absolute Gasteiger partial charge is 0.381 e. The van der Waals surface area contributed by atoms with E-state index in [9.17, 15) is 26.4 Å². The monoisotopic (exact) mass is 503 g/mol. The average molecular weight is 504 g/mol.